The molecule has 0 aliphatic carbocycles. The highest BCUT2D eigenvalue weighted by Crippen LogP contribution is 2.30. The van der Waals surface area contributed by atoms with Gasteiger partial charge in [0.15, 0.2) is 0 Å². The van der Waals surface area contributed by atoms with Crippen molar-refractivity contribution in [2.75, 3.05) is 5.32 Å². The fourth-order valence-electron chi connectivity index (χ4n) is 3.07. The van der Waals surface area contributed by atoms with Gasteiger partial charge in [-0.3, -0.25) is 4.79 Å². The summed E-state index contributed by atoms with van der Waals surface area (Å²) in [4.78, 5) is 13.0. The summed E-state index contributed by atoms with van der Waals surface area (Å²) in [6, 6.07) is 28.6. The highest BCUT2D eigenvalue weighted by Gasteiger charge is 2.23. The van der Waals surface area contributed by atoms with Gasteiger partial charge in [-0.25, -0.2) is 4.39 Å². The van der Waals surface area contributed by atoms with Gasteiger partial charge in [-0.2, -0.15) is 0 Å². The molecule has 3 nitrogen and oxygen atoms in total. The van der Waals surface area contributed by atoms with Gasteiger partial charge in [0.1, 0.15) is 11.6 Å². The molecule has 1 amide bonds. The van der Waals surface area contributed by atoms with Crippen LogP contribution in [0.4, 0.5) is 10.1 Å². The maximum atomic E-state index is 13.1. The van der Waals surface area contributed by atoms with E-state index in [4.69, 9.17) is 4.74 Å². The van der Waals surface area contributed by atoms with Crippen LogP contribution in [0.5, 0.6) is 5.75 Å². The van der Waals surface area contributed by atoms with E-state index in [0.717, 1.165) is 16.3 Å². The molecule has 0 aromatic heterocycles. The van der Waals surface area contributed by atoms with Crippen LogP contribution in [-0.2, 0) is 4.79 Å². The fraction of sp³-hybridized carbons (Fsp3) is 0.0417. The highest BCUT2D eigenvalue weighted by molar-refractivity contribution is 5.96. The highest BCUT2D eigenvalue weighted by atomic mass is 19.1. The van der Waals surface area contributed by atoms with E-state index in [1.807, 2.05) is 72.8 Å². The number of carbonyl (C=O) groups is 1. The molecule has 0 saturated carbocycles. The van der Waals surface area contributed by atoms with E-state index >= 15 is 0 Å². The van der Waals surface area contributed by atoms with Gasteiger partial charge in [-0.15, -0.1) is 0 Å². The Morgan fingerprint density at radius 1 is 0.786 bits per heavy atom. The average molecular weight is 371 g/mol. The zero-order chi connectivity index (χ0) is 19.3. The van der Waals surface area contributed by atoms with Crippen LogP contribution in [0.2, 0.25) is 0 Å². The molecule has 0 saturated heterocycles. The Kier molecular flexibility index (Phi) is 5.02. The third kappa shape index (κ3) is 3.86. The monoisotopic (exact) mass is 371 g/mol. The van der Waals surface area contributed by atoms with Crippen LogP contribution in [0.25, 0.3) is 10.8 Å². The zero-order valence-corrected chi connectivity index (χ0v) is 15.0. The minimum atomic E-state index is -0.850. The molecule has 0 spiro atoms. The lowest BCUT2D eigenvalue weighted by molar-refractivity contribution is -0.123. The summed E-state index contributed by atoms with van der Waals surface area (Å²) in [5, 5.41) is 4.77. The van der Waals surface area contributed by atoms with Gasteiger partial charge in [-0.1, -0.05) is 66.7 Å². The maximum absolute atomic E-state index is 13.1. The first-order valence-corrected chi connectivity index (χ1v) is 8.96. The Labute approximate surface area is 162 Å². The van der Waals surface area contributed by atoms with Gasteiger partial charge < -0.3 is 10.1 Å². The third-order valence-electron chi connectivity index (χ3n) is 4.45. The molecule has 0 bridgehead atoms. The molecule has 0 radical (unpaired) electrons. The van der Waals surface area contributed by atoms with Gasteiger partial charge in [0.05, 0.1) is 0 Å². The second kappa shape index (κ2) is 7.92. The molecule has 0 heterocycles. The molecule has 4 aromatic carbocycles. The van der Waals surface area contributed by atoms with Crippen LogP contribution < -0.4 is 10.1 Å². The van der Waals surface area contributed by atoms with E-state index in [9.17, 15) is 9.18 Å². The molecule has 0 unspecified atom stereocenters. The summed E-state index contributed by atoms with van der Waals surface area (Å²) < 4.78 is 19.3. The molecule has 28 heavy (non-hydrogen) atoms. The molecule has 4 heteroatoms. The molecule has 138 valence electrons. The number of fused-ring (bicyclic) bond motifs is 1. The molecule has 0 fully saturated rings. The number of carbonyl (C=O) groups excluding carboxylic acids is 1. The van der Waals surface area contributed by atoms with Gasteiger partial charge in [0.2, 0.25) is 6.10 Å². The smallest absolute Gasteiger partial charge is 0.270 e. The molecular weight excluding hydrogens is 353 g/mol. The van der Waals surface area contributed by atoms with E-state index in [0.29, 0.717) is 11.4 Å². The number of benzene rings is 4. The number of anilines is 1. The number of halogens is 1. The quantitative estimate of drug-likeness (QED) is 0.486. The van der Waals surface area contributed by atoms with E-state index in [-0.39, 0.29) is 11.7 Å². The summed E-state index contributed by atoms with van der Waals surface area (Å²) >= 11 is 0. The van der Waals surface area contributed by atoms with Crippen molar-refractivity contribution in [2.24, 2.45) is 0 Å². The predicted octanol–water partition coefficient (Wildman–Crippen LogP) is 5.74. The summed E-state index contributed by atoms with van der Waals surface area (Å²) in [6.07, 6.45) is -0.850. The van der Waals surface area contributed by atoms with Crippen molar-refractivity contribution >= 4 is 22.4 Å². The van der Waals surface area contributed by atoms with Crippen molar-refractivity contribution in [1.29, 1.82) is 0 Å². The van der Waals surface area contributed by atoms with Gasteiger partial charge in [0, 0.05) is 16.6 Å². The van der Waals surface area contributed by atoms with Crippen LogP contribution in [0.1, 0.15) is 11.7 Å². The largest absolute Gasteiger partial charge is 0.475 e. The van der Waals surface area contributed by atoms with Crippen molar-refractivity contribution in [3.05, 3.63) is 108 Å². The Morgan fingerprint density at radius 2 is 1.46 bits per heavy atom. The molecule has 4 rings (SSSR count). The second-order valence-electron chi connectivity index (χ2n) is 6.38. The first-order valence-electron chi connectivity index (χ1n) is 8.96. The molecule has 4 aromatic rings. The third-order valence-corrected chi connectivity index (χ3v) is 4.45. The lowest BCUT2D eigenvalue weighted by Crippen LogP contribution is -2.25. The summed E-state index contributed by atoms with van der Waals surface area (Å²) in [6.45, 7) is 0. The van der Waals surface area contributed by atoms with Crippen molar-refractivity contribution in [1.82, 2.24) is 0 Å². The molecular formula is C24H18FNO2. The lowest BCUT2D eigenvalue weighted by Gasteiger charge is -2.20. The van der Waals surface area contributed by atoms with Crippen molar-refractivity contribution < 1.29 is 13.9 Å². The minimum absolute atomic E-state index is 0.328. The summed E-state index contributed by atoms with van der Waals surface area (Å²) in [7, 11) is 0. The average Bonchev–Trinajstić information content (AvgIpc) is 2.74. The number of amides is 1. The normalized spacial score (nSPS) is 11.8. The standard InChI is InChI=1S/C24H18FNO2/c25-19-13-15-20(16-14-19)26-24(27)23(18-8-2-1-3-9-18)28-22-12-6-10-17-7-4-5-11-21(17)22/h1-16,23H,(H,26,27)/t23-/m0/s1. The van der Waals surface area contributed by atoms with Gasteiger partial charge in [-0.05, 0) is 35.7 Å². The number of nitrogens with one attached hydrogen (secondary N) is 1. The van der Waals surface area contributed by atoms with Gasteiger partial charge >= 0.3 is 0 Å². The number of rotatable bonds is 5. The van der Waals surface area contributed by atoms with E-state index in [1.54, 1.807) is 0 Å². The van der Waals surface area contributed by atoms with Crippen LogP contribution >= 0.6 is 0 Å². The SMILES string of the molecule is O=C(Nc1ccc(F)cc1)[C@@H](Oc1cccc2ccccc12)c1ccccc1. The molecule has 0 aliphatic rings. The maximum Gasteiger partial charge on any atom is 0.270 e. The number of ether oxygens (including phenoxy) is 1. The number of hydrogen-bond acceptors (Lipinski definition) is 2. The van der Waals surface area contributed by atoms with Crippen LogP contribution in [-0.4, -0.2) is 5.91 Å². The summed E-state index contributed by atoms with van der Waals surface area (Å²) in [5.74, 6) is -0.0587. The molecule has 1 N–H and O–H groups in total. The Morgan fingerprint density at radius 3 is 2.25 bits per heavy atom. The Hall–Kier alpha value is -3.66. The minimum Gasteiger partial charge on any atom is -0.475 e. The topological polar surface area (TPSA) is 38.3 Å². The van der Waals surface area contributed by atoms with Crippen LogP contribution in [0.15, 0.2) is 97.1 Å². The Balaban J connectivity index is 1.67. The Bertz CT molecular complexity index is 1090. The van der Waals surface area contributed by atoms with Gasteiger partial charge in [0.25, 0.3) is 5.91 Å². The zero-order valence-electron chi connectivity index (χ0n) is 15.0. The first-order chi connectivity index (χ1) is 13.7. The second-order valence-corrected chi connectivity index (χ2v) is 6.38. The van der Waals surface area contributed by atoms with E-state index < -0.39 is 6.10 Å². The first kappa shape index (κ1) is 17.7. The molecule has 1 atom stereocenters. The van der Waals surface area contributed by atoms with Crippen molar-refractivity contribution in [2.45, 2.75) is 6.10 Å². The van der Waals surface area contributed by atoms with Crippen LogP contribution in [0, 0.1) is 5.82 Å². The number of hydrogen-bond donors (Lipinski definition) is 1. The predicted molar refractivity (Wildman–Crippen MR) is 109 cm³/mol. The van der Waals surface area contributed by atoms with Crippen molar-refractivity contribution in [3.63, 3.8) is 0 Å². The van der Waals surface area contributed by atoms with E-state index in [2.05, 4.69) is 5.32 Å². The van der Waals surface area contributed by atoms with E-state index in [1.165, 1.54) is 24.3 Å². The van der Waals surface area contributed by atoms with Crippen molar-refractivity contribution in [3.8, 4) is 5.75 Å². The molecule has 0 aliphatic heterocycles. The lowest BCUT2D eigenvalue weighted by atomic mass is 10.1. The fourth-order valence-corrected chi connectivity index (χ4v) is 3.07. The summed E-state index contributed by atoms with van der Waals surface area (Å²) in [5.41, 5.74) is 1.24. The van der Waals surface area contributed by atoms with Crippen LogP contribution in [0.3, 0.4) is 0 Å².